The number of rotatable bonds is 9. The lowest BCUT2D eigenvalue weighted by molar-refractivity contribution is -0.140. The molecule has 0 fully saturated rings. The van der Waals surface area contributed by atoms with E-state index in [0.29, 0.717) is 10.6 Å². The van der Waals surface area contributed by atoms with Crippen molar-refractivity contribution in [2.75, 3.05) is 10.8 Å². The Hall–Kier alpha value is -2.78. The largest absolute Gasteiger partial charge is 0.350 e. The second kappa shape index (κ2) is 12.8. The normalized spacial score (nSPS) is 12.5. The average Bonchev–Trinajstić information content (AvgIpc) is 2.87. The van der Waals surface area contributed by atoms with E-state index >= 15 is 0 Å². The minimum Gasteiger partial charge on any atom is -0.350 e. The van der Waals surface area contributed by atoms with Gasteiger partial charge < -0.3 is 10.2 Å². The van der Waals surface area contributed by atoms with E-state index in [4.69, 9.17) is 34.8 Å². The summed E-state index contributed by atoms with van der Waals surface area (Å²) in [6.45, 7) is 8.34. The SMILES string of the molecule is Cc1ccc(S(=O)(=O)N(CC(=O)N(Cc2ccc(Cl)cc2)[C@H](C)C(=O)NC(C)(C)C)c2cccc(Cl)c2Cl)cc1. The number of sulfonamides is 1. The van der Waals surface area contributed by atoms with Crippen molar-refractivity contribution in [2.45, 2.75) is 57.6 Å². The summed E-state index contributed by atoms with van der Waals surface area (Å²) >= 11 is 18.7. The van der Waals surface area contributed by atoms with Gasteiger partial charge in [-0.15, -0.1) is 0 Å². The zero-order valence-corrected chi connectivity index (χ0v) is 26.0. The molecule has 214 valence electrons. The van der Waals surface area contributed by atoms with Crippen LogP contribution in [0, 0.1) is 6.92 Å². The summed E-state index contributed by atoms with van der Waals surface area (Å²) in [5.41, 5.74) is 1.08. The highest BCUT2D eigenvalue weighted by Gasteiger charge is 2.34. The van der Waals surface area contributed by atoms with E-state index in [1.807, 2.05) is 27.7 Å². The number of nitrogens with one attached hydrogen (secondary N) is 1. The summed E-state index contributed by atoms with van der Waals surface area (Å²) in [5.74, 6) is -0.998. The van der Waals surface area contributed by atoms with E-state index in [2.05, 4.69) is 5.32 Å². The van der Waals surface area contributed by atoms with Crippen LogP contribution in [0.5, 0.6) is 0 Å². The van der Waals surface area contributed by atoms with Crippen LogP contribution in [0.25, 0.3) is 0 Å². The van der Waals surface area contributed by atoms with Gasteiger partial charge in [-0.25, -0.2) is 8.42 Å². The molecule has 0 spiro atoms. The van der Waals surface area contributed by atoms with Crippen molar-refractivity contribution in [2.24, 2.45) is 0 Å². The number of anilines is 1. The topological polar surface area (TPSA) is 86.8 Å². The molecule has 3 rings (SSSR count). The standard InChI is InChI=1S/C29H32Cl3N3O4S/c1-19-9-15-23(16-10-19)40(38,39)35(25-8-6-7-24(31)27(25)32)18-26(36)34(17-21-11-13-22(30)14-12-21)20(2)28(37)33-29(3,4)5/h6-16,20H,17-18H2,1-5H3,(H,33,37)/t20-/m1/s1. The monoisotopic (exact) mass is 623 g/mol. The van der Waals surface area contributed by atoms with Crippen molar-refractivity contribution < 1.29 is 18.0 Å². The van der Waals surface area contributed by atoms with Gasteiger partial charge in [-0.2, -0.15) is 0 Å². The molecular weight excluding hydrogens is 593 g/mol. The van der Waals surface area contributed by atoms with Gasteiger partial charge >= 0.3 is 0 Å². The van der Waals surface area contributed by atoms with E-state index < -0.39 is 34.1 Å². The van der Waals surface area contributed by atoms with Gasteiger partial charge in [0.2, 0.25) is 11.8 Å². The molecule has 0 unspecified atom stereocenters. The molecule has 0 heterocycles. The first-order valence-electron chi connectivity index (χ1n) is 12.5. The van der Waals surface area contributed by atoms with Crippen molar-refractivity contribution in [1.29, 1.82) is 0 Å². The van der Waals surface area contributed by atoms with E-state index in [1.54, 1.807) is 49.4 Å². The molecule has 0 aliphatic rings. The first-order chi connectivity index (χ1) is 18.6. The van der Waals surface area contributed by atoms with Crippen molar-refractivity contribution in [3.63, 3.8) is 0 Å². The Kier molecular flexibility index (Phi) is 10.2. The van der Waals surface area contributed by atoms with Crippen molar-refractivity contribution in [1.82, 2.24) is 10.2 Å². The molecular formula is C29H32Cl3N3O4S. The van der Waals surface area contributed by atoms with Crippen molar-refractivity contribution in [3.05, 3.63) is 92.9 Å². The minimum atomic E-state index is -4.27. The second-order valence-corrected chi connectivity index (χ2v) is 13.5. The van der Waals surface area contributed by atoms with Gasteiger partial charge in [0.05, 0.1) is 20.6 Å². The second-order valence-electron chi connectivity index (χ2n) is 10.5. The molecule has 3 aromatic rings. The molecule has 0 saturated heterocycles. The number of benzene rings is 3. The van der Waals surface area contributed by atoms with Crippen molar-refractivity contribution >= 4 is 62.3 Å². The average molecular weight is 625 g/mol. The van der Waals surface area contributed by atoms with Crippen LogP contribution in [0.15, 0.2) is 71.6 Å². The third-order valence-corrected chi connectivity index (χ3v) is 8.85. The summed E-state index contributed by atoms with van der Waals surface area (Å²) < 4.78 is 28.8. The number of nitrogens with zero attached hydrogens (tertiary/aromatic N) is 2. The van der Waals surface area contributed by atoms with Crippen LogP contribution in [0.4, 0.5) is 5.69 Å². The number of hydrogen-bond acceptors (Lipinski definition) is 4. The maximum atomic E-state index is 14.0. The van der Waals surface area contributed by atoms with Gasteiger partial charge in [-0.3, -0.25) is 13.9 Å². The van der Waals surface area contributed by atoms with Crippen LogP contribution < -0.4 is 9.62 Å². The summed E-state index contributed by atoms with van der Waals surface area (Å²) in [7, 11) is -4.27. The van der Waals surface area contributed by atoms with Gasteiger partial charge in [0, 0.05) is 17.1 Å². The lowest BCUT2D eigenvalue weighted by Crippen LogP contribution is -2.54. The number of hydrogen-bond donors (Lipinski definition) is 1. The predicted octanol–water partition coefficient (Wildman–Crippen LogP) is 6.48. The number of carbonyl (C=O) groups excluding carboxylic acids is 2. The van der Waals surface area contributed by atoms with Gasteiger partial charge in [0.25, 0.3) is 10.0 Å². The molecule has 0 bridgehead atoms. The first-order valence-corrected chi connectivity index (χ1v) is 15.1. The number of amides is 2. The van der Waals surface area contributed by atoms with Crippen molar-refractivity contribution in [3.8, 4) is 0 Å². The Morgan fingerprint density at radius 1 is 0.925 bits per heavy atom. The summed E-state index contributed by atoms with van der Waals surface area (Å²) in [6.07, 6.45) is 0. The molecule has 1 atom stereocenters. The fourth-order valence-electron chi connectivity index (χ4n) is 3.88. The molecule has 3 aromatic carbocycles. The molecule has 7 nitrogen and oxygen atoms in total. The van der Waals surface area contributed by atoms with Crippen LogP contribution in [0.2, 0.25) is 15.1 Å². The molecule has 0 aliphatic carbocycles. The zero-order chi connectivity index (χ0) is 29.8. The molecule has 11 heteroatoms. The fraction of sp³-hybridized carbons (Fsp3) is 0.310. The number of aryl methyl sites for hydroxylation is 1. The Balaban J connectivity index is 2.08. The Bertz CT molecular complexity index is 1470. The zero-order valence-electron chi connectivity index (χ0n) is 22.9. The molecule has 0 saturated carbocycles. The van der Waals surface area contributed by atoms with Gasteiger partial charge in [0.15, 0.2) is 0 Å². The Morgan fingerprint density at radius 3 is 2.10 bits per heavy atom. The summed E-state index contributed by atoms with van der Waals surface area (Å²) in [4.78, 5) is 28.4. The van der Waals surface area contributed by atoms with Gasteiger partial charge in [0.1, 0.15) is 12.6 Å². The van der Waals surface area contributed by atoms with Crippen LogP contribution in [-0.4, -0.2) is 43.3 Å². The summed E-state index contributed by atoms with van der Waals surface area (Å²) in [5, 5.41) is 3.52. The molecule has 0 radical (unpaired) electrons. The van der Waals surface area contributed by atoms with Gasteiger partial charge in [-0.1, -0.05) is 70.7 Å². The third kappa shape index (κ3) is 7.91. The van der Waals surface area contributed by atoms with Crippen LogP contribution in [0.1, 0.15) is 38.8 Å². The smallest absolute Gasteiger partial charge is 0.264 e. The van der Waals surface area contributed by atoms with Crippen LogP contribution in [0.3, 0.4) is 0 Å². The lowest BCUT2D eigenvalue weighted by Gasteiger charge is -2.33. The molecule has 2 amide bonds. The third-order valence-electron chi connectivity index (χ3n) is 6.02. The lowest BCUT2D eigenvalue weighted by atomic mass is 10.1. The van der Waals surface area contributed by atoms with E-state index in [-0.39, 0.29) is 33.1 Å². The number of carbonyl (C=O) groups is 2. The maximum Gasteiger partial charge on any atom is 0.264 e. The van der Waals surface area contributed by atoms with Crippen LogP contribution >= 0.6 is 34.8 Å². The van der Waals surface area contributed by atoms with Gasteiger partial charge in [-0.05, 0) is 76.6 Å². The quantitative estimate of drug-likeness (QED) is 0.295. The number of halogens is 3. The highest BCUT2D eigenvalue weighted by Crippen LogP contribution is 2.35. The first kappa shape index (κ1) is 31.7. The molecule has 0 aromatic heterocycles. The molecule has 40 heavy (non-hydrogen) atoms. The van der Waals surface area contributed by atoms with E-state index in [1.165, 1.54) is 29.2 Å². The highest BCUT2D eigenvalue weighted by molar-refractivity contribution is 7.92. The van der Waals surface area contributed by atoms with Crippen LogP contribution in [-0.2, 0) is 26.2 Å². The van der Waals surface area contributed by atoms with E-state index in [0.717, 1.165) is 9.87 Å². The predicted molar refractivity (Wildman–Crippen MR) is 162 cm³/mol. The fourth-order valence-corrected chi connectivity index (χ4v) is 5.88. The molecule has 1 N–H and O–H groups in total. The minimum absolute atomic E-state index is 0.0181. The highest BCUT2D eigenvalue weighted by atomic mass is 35.5. The Labute approximate surface area is 251 Å². The molecule has 0 aliphatic heterocycles. The van der Waals surface area contributed by atoms with E-state index in [9.17, 15) is 18.0 Å². The summed E-state index contributed by atoms with van der Waals surface area (Å²) in [6, 6.07) is 16.7. The Morgan fingerprint density at radius 2 is 1.52 bits per heavy atom. The maximum absolute atomic E-state index is 14.0.